The van der Waals surface area contributed by atoms with Gasteiger partial charge < -0.3 is 21.3 Å². The molecule has 4 aromatic rings. The van der Waals surface area contributed by atoms with Crippen LogP contribution in [0.4, 0.5) is 29.2 Å². The number of carbonyl (C=O) groups is 1. The maximum atomic E-state index is 12.6. The SMILES string of the molecule is C[C@@H](Nc1nc(Nc2ccccc2)nc(Nc2ccccc2)n1)C(=O)NCc1ccccc1. The number of aromatic nitrogens is 3. The summed E-state index contributed by atoms with van der Waals surface area (Å²) in [6.45, 7) is 2.21. The van der Waals surface area contributed by atoms with E-state index in [-0.39, 0.29) is 11.9 Å². The number of para-hydroxylation sites is 2. The van der Waals surface area contributed by atoms with Gasteiger partial charge in [-0.2, -0.15) is 15.0 Å². The number of hydrogen-bond acceptors (Lipinski definition) is 7. The van der Waals surface area contributed by atoms with E-state index in [0.29, 0.717) is 18.4 Å². The predicted molar refractivity (Wildman–Crippen MR) is 131 cm³/mol. The van der Waals surface area contributed by atoms with Crippen molar-refractivity contribution in [2.45, 2.75) is 19.5 Å². The lowest BCUT2D eigenvalue weighted by molar-refractivity contribution is -0.121. The molecular weight excluding hydrogens is 414 g/mol. The average Bonchev–Trinajstić information content (AvgIpc) is 2.84. The third-order valence-electron chi connectivity index (χ3n) is 4.74. The van der Waals surface area contributed by atoms with Crippen LogP contribution in [0, 0.1) is 0 Å². The fourth-order valence-electron chi connectivity index (χ4n) is 3.05. The van der Waals surface area contributed by atoms with Gasteiger partial charge in [-0.25, -0.2) is 0 Å². The Morgan fingerprint density at radius 2 is 1.15 bits per heavy atom. The smallest absolute Gasteiger partial charge is 0.242 e. The number of rotatable bonds is 9. The Bertz CT molecular complexity index is 1110. The first-order chi connectivity index (χ1) is 16.2. The van der Waals surface area contributed by atoms with Gasteiger partial charge >= 0.3 is 0 Å². The third kappa shape index (κ3) is 6.51. The van der Waals surface area contributed by atoms with E-state index >= 15 is 0 Å². The summed E-state index contributed by atoms with van der Waals surface area (Å²) in [5.74, 6) is 0.835. The fraction of sp³-hybridized carbons (Fsp3) is 0.120. The van der Waals surface area contributed by atoms with E-state index in [1.54, 1.807) is 6.92 Å². The Hall–Kier alpha value is -4.46. The molecule has 0 saturated carbocycles. The van der Waals surface area contributed by atoms with Gasteiger partial charge in [0.1, 0.15) is 6.04 Å². The molecule has 0 aliphatic rings. The van der Waals surface area contributed by atoms with Crippen molar-refractivity contribution in [3.8, 4) is 0 Å². The molecule has 8 heteroatoms. The van der Waals surface area contributed by atoms with E-state index in [4.69, 9.17) is 0 Å². The van der Waals surface area contributed by atoms with Gasteiger partial charge in [0.05, 0.1) is 0 Å². The average molecular weight is 440 g/mol. The van der Waals surface area contributed by atoms with Crippen LogP contribution in [0.5, 0.6) is 0 Å². The summed E-state index contributed by atoms with van der Waals surface area (Å²) in [7, 11) is 0. The van der Waals surface area contributed by atoms with Gasteiger partial charge in [0.15, 0.2) is 0 Å². The van der Waals surface area contributed by atoms with Crippen molar-refractivity contribution in [3.63, 3.8) is 0 Å². The number of amides is 1. The van der Waals surface area contributed by atoms with Gasteiger partial charge in [0, 0.05) is 17.9 Å². The number of nitrogens with one attached hydrogen (secondary N) is 4. The number of nitrogens with zero attached hydrogens (tertiary/aromatic N) is 3. The molecule has 0 unspecified atom stereocenters. The molecule has 8 nitrogen and oxygen atoms in total. The van der Waals surface area contributed by atoms with E-state index < -0.39 is 6.04 Å². The van der Waals surface area contributed by atoms with Gasteiger partial charge in [0.2, 0.25) is 23.8 Å². The molecule has 1 amide bonds. The molecule has 1 aromatic heterocycles. The summed E-state index contributed by atoms with van der Waals surface area (Å²) < 4.78 is 0. The van der Waals surface area contributed by atoms with Crippen LogP contribution in [0.3, 0.4) is 0 Å². The second-order valence-electron chi connectivity index (χ2n) is 7.36. The van der Waals surface area contributed by atoms with Crippen LogP contribution in [-0.2, 0) is 11.3 Å². The minimum atomic E-state index is -0.551. The molecule has 0 aliphatic heterocycles. The van der Waals surface area contributed by atoms with E-state index in [1.165, 1.54) is 0 Å². The highest BCUT2D eigenvalue weighted by atomic mass is 16.2. The van der Waals surface area contributed by atoms with Crippen molar-refractivity contribution in [3.05, 3.63) is 96.6 Å². The zero-order valence-corrected chi connectivity index (χ0v) is 18.2. The van der Waals surface area contributed by atoms with Crippen LogP contribution in [0.25, 0.3) is 0 Å². The van der Waals surface area contributed by atoms with Crippen LogP contribution < -0.4 is 21.3 Å². The van der Waals surface area contributed by atoms with E-state index in [9.17, 15) is 4.79 Å². The fourth-order valence-corrected chi connectivity index (χ4v) is 3.05. The van der Waals surface area contributed by atoms with Crippen LogP contribution in [-0.4, -0.2) is 26.9 Å². The summed E-state index contributed by atoms with van der Waals surface area (Å²) in [4.78, 5) is 26.0. The maximum absolute atomic E-state index is 12.6. The molecule has 1 atom stereocenters. The molecular formula is C25H25N7O. The highest BCUT2D eigenvalue weighted by Gasteiger charge is 2.15. The van der Waals surface area contributed by atoms with Crippen LogP contribution in [0.1, 0.15) is 12.5 Å². The molecule has 0 fully saturated rings. The molecule has 4 rings (SSSR count). The molecule has 0 spiro atoms. The number of hydrogen-bond donors (Lipinski definition) is 4. The molecule has 0 saturated heterocycles. The lowest BCUT2D eigenvalue weighted by atomic mass is 10.2. The molecule has 166 valence electrons. The normalized spacial score (nSPS) is 11.3. The summed E-state index contributed by atoms with van der Waals surface area (Å²) >= 11 is 0. The van der Waals surface area contributed by atoms with Crippen LogP contribution in [0.15, 0.2) is 91.0 Å². The summed E-state index contributed by atoms with van der Waals surface area (Å²) in [5.41, 5.74) is 2.71. The first-order valence-electron chi connectivity index (χ1n) is 10.6. The van der Waals surface area contributed by atoms with Crippen molar-refractivity contribution < 1.29 is 4.79 Å². The first-order valence-corrected chi connectivity index (χ1v) is 10.6. The van der Waals surface area contributed by atoms with E-state index in [2.05, 4.69) is 36.2 Å². The predicted octanol–water partition coefficient (Wildman–Crippen LogP) is 4.48. The molecule has 3 aromatic carbocycles. The molecule has 0 aliphatic carbocycles. The van der Waals surface area contributed by atoms with Gasteiger partial charge in [0.25, 0.3) is 0 Å². The molecule has 4 N–H and O–H groups in total. The summed E-state index contributed by atoms with van der Waals surface area (Å²) in [5, 5.41) is 12.4. The monoisotopic (exact) mass is 439 g/mol. The topological polar surface area (TPSA) is 104 Å². The second kappa shape index (κ2) is 10.7. The summed E-state index contributed by atoms with van der Waals surface area (Å²) in [6, 6.07) is 28.4. The van der Waals surface area contributed by atoms with Gasteiger partial charge in [-0.3, -0.25) is 4.79 Å². The van der Waals surface area contributed by atoms with Crippen molar-refractivity contribution in [1.29, 1.82) is 0 Å². The zero-order chi connectivity index (χ0) is 22.9. The Morgan fingerprint density at radius 3 is 1.67 bits per heavy atom. The van der Waals surface area contributed by atoms with Crippen LogP contribution >= 0.6 is 0 Å². The molecule has 0 bridgehead atoms. The van der Waals surface area contributed by atoms with Crippen LogP contribution in [0.2, 0.25) is 0 Å². The quantitative estimate of drug-likeness (QED) is 0.305. The van der Waals surface area contributed by atoms with Crippen molar-refractivity contribution >= 4 is 35.1 Å². The van der Waals surface area contributed by atoms with E-state index in [0.717, 1.165) is 16.9 Å². The number of anilines is 5. The highest BCUT2D eigenvalue weighted by molar-refractivity contribution is 5.83. The van der Waals surface area contributed by atoms with Crippen molar-refractivity contribution in [2.24, 2.45) is 0 Å². The molecule has 0 radical (unpaired) electrons. The van der Waals surface area contributed by atoms with Crippen molar-refractivity contribution in [2.75, 3.05) is 16.0 Å². The van der Waals surface area contributed by atoms with Crippen molar-refractivity contribution in [1.82, 2.24) is 20.3 Å². The summed E-state index contributed by atoms with van der Waals surface area (Å²) in [6.07, 6.45) is 0. The Morgan fingerprint density at radius 1 is 0.697 bits per heavy atom. The first kappa shape index (κ1) is 21.8. The minimum absolute atomic E-state index is 0.158. The highest BCUT2D eigenvalue weighted by Crippen LogP contribution is 2.18. The van der Waals surface area contributed by atoms with Gasteiger partial charge in [-0.15, -0.1) is 0 Å². The largest absolute Gasteiger partial charge is 0.350 e. The lowest BCUT2D eigenvalue weighted by Gasteiger charge is -2.16. The zero-order valence-electron chi connectivity index (χ0n) is 18.2. The van der Waals surface area contributed by atoms with E-state index in [1.807, 2.05) is 91.0 Å². The number of carbonyl (C=O) groups excluding carboxylic acids is 1. The lowest BCUT2D eigenvalue weighted by Crippen LogP contribution is -2.37. The molecule has 1 heterocycles. The minimum Gasteiger partial charge on any atom is -0.350 e. The van der Waals surface area contributed by atoms with Gasteiger partial charge in [-0.05, 0) is 36.8 Å². The number of benzene rings is 3. The molecule has 33 heavy (non-hydrogen) atoms. The van der Waals surface area contributed by atoms with Gasteiger partial charge in [-0.1, -0.05) is 66.7 Å². The second-order valence-corrected chi connectivity index (χ2v) is 7.36. The third-order valence-corrected chi connectivity index (χ3v) is 4.74. The maximum Gasteiger partial charge on any atom is 0.242 e. The Balaban J connectivity index is 1.49. The Kier molecular flexibility index (Phi) is 7.07. The standard InChI is InChI=1S/C25H25N7O/c1-18(22(33)26-17-19-11-5-2-6-12-19)27-23-30-24(28-20-13-7-3-8-14-20)32-25(31-23)29-21-15-9-4-10-16-21/h2-16,18H,17H2,1H3,(H,26,33)(H3,27,28,29,30,31,32)/t18-/m1/s1. The Labute approximate surface area is 192 Å².